The van der Waals surface area contributed by atoms with E-state index in [9.17, 15) is 0 Å². The van der Waals surface area contributed by atoms with Crippen molar-refractivity contribution in [2.75, 3.05) is 16.9 Å². The first-order chi connectivity index (χ1) is 10.3. The number of nitrogens with zero attached hydrogens (tertiary/aromatic N) is 3. The molecule has 2 rings (SSSR count). The molecule has 0 bridgehead atoms. The number of nitrogen functional groups attached to an aromatic ring is 1. The van der Waals surface area contributed by atoms with Crippen LogP contribution >= 0.6 is 0 Å². The molecule has 1 heterocycles. The van der Waals surface area contributed by atoms with E-state index in [1.165, 1.54) is 5.56 Å². The van der Waals surface area contributed by atoms with Crippen molar-refractivity contribution in [3.05, 3.63) is 47.8 Å². The highest BCUT2D eigenvalue weighted by atomic mass is 15.3. The monoisotopic (exact) mass is 285 g/mol. The average molecular weight is 285 g/mol. The van der Waals surface area contributed by atoms with Crippen molar-refractivity contribution >= 4 is 11.6 Å². The zero-order valence-electron chi connectivity index (χ0n) is 12.7. The lowest BCUT2D eigenvalue weighted by atomic mass is 10.1. The van der Waals surface area contributed by atoms with Gasteiger partial charge in [-0.3, -0.25) is 0 Å². The Kier molecular flexibility index (Phi) is 5.51. The second kappa shape index (κ2) is 7.59. The highest BCUT2D eigenvalue weighted by Crippen LogP contribution is 2.25. The largest absolute Gasteiger partial charge is 0.352 e. The van der Waals surface area contributed by atoms with E-state index in [0.717, 1.165) is 37.3 Å². The van der Waals surface area contributed by atoms with Gasteiger partial charge in [-0.1, -0.05) is 43.7 Å². The molecule has 2 aromatic rings. The maximum Gasteiger partial charge on any atom is 0.148 e. The molecule has 0 saturated heterocycles. The van der Waals surface area contributed by atoms with E-state index in [1.54, 1.807) is 6.33 Å². The molecule has 0 aliphatic heterocycles. The number of rotatable bonds is 7. The van der Waals surface area contributed by atoms with Crippen LogP contribution in [0.1, 0.15) is 31.4 Å². The topological polar surface area (TPSA) is 67.1 Å². The van der Waals surface area contributed by atoms with E-state index < -0.39 is 0 Å². The first-order valence-electron chi connectivity index (χ1n) is 7.39. The molecule has 0 aliphatic rings. The molecular formula is C16H23N5. The van der Waals surface area contributed by atoms with Crippen LogP contribution in [0.25, 0.3) is 0 Å². The minimum atomic E-state index is 0.716. The van der Waals surface area contributed by atoms with E-state index in [4.69, 9.17) is 5.84 Å². The van der Waals surface area contributed by atoms with E-state index >= 15 is 0 Å². The van der Waals surface area contributed by atoms with Crippen molar-refractivity contribution in [1.29, 1.82) is 0 Å². The van der Waals surface area contributed by atoms with Gasteiger partial charge in [0.2, 0.25) is 0 Å². The first-order valence-corrected chi connectivity index (χ1v) is 7.39. The minimum absolute atomic E-state index is 0.716. The van der Waals surface area contributed by atoms with Crippen molar-refractivity contribution in [1.82, 2.24) is 9.97 Å². The Morgan fingerprint density at radius 1 is 1.14 bits per heavy atom. The molecule has 0 radical (unpaired) electrons. The van der Waals surface area contributed by atoms with Crippen molar-refractivity contribution in [2.45, 2.75) is 33.2 Å². The Labute approximate surface area is 126 Å². The number of hydrogen-bond acceptors (Lipinski definition) is 5. The van der Waals surface area contributed by atoms with Crippen molar-refractivity contribution in [3.8, 4) is 0 Å². The fourth-order valence-corrected chi connectivity index (χ4v) is 2.42. The quantitative estimate of drug-likeness (QED) is 0.605. The second-order valence-corrected chi connectivity index (χ2v) is 4.92. The van der Waals surface area contributed by atoms with Crippen LogP contribution in [-0.2, 0) is 13.0 Å². The second-order valence-electron chi connectivity index (χ2n) is 4.92. The summed E-state index contributed by atoms with van der Waals surface area (Å²) in [6.07, 6.45) is 3.50. The Balaban J connectivity index is 2.33. The van der Waals surface area contributed by atoms with Crippen LogP contribution < -0.4 is 16.2 Å². The van der Waals surface area contributed by atoms with Gasteiger partial charge >= 0.3 is 0 Å². The van der Waals surface area contributed by atoms with Gasteiger partial charge in [-0.15, -0.1) is 0 Å². The van der Waals surface area contributed by atoms with Crippen LogP contribution in [0.2, 0.25) is 0 Å². The highest BCUT2D eigenvalue weighted by Gasteiger charge is 2.15. The predicted molar refractivity (Wildman–Crippen MR) is 87.0 cm³/mol. The maximum atomic E-state index is 5.59. The Morgan fingerprint density at radius 2 is 1.90 bits per heavy atom. The predicted octanol–water partition coefficient (Wildman–Crippen LogP) is 2.74. The fraction of sp³-hybridized carbons (Fsp3) is 0.375. The third-order valence-corrected chi connectivity index (χ3v) is 3.46. The molecular weight excluding hydrogens is 262 g/mol. The number of nitrogens with two attached hydrogens (primary N) is 1. The fourth-order valence-electron chi connectivity index (χ4n) is 2.42. The molecule has 0 saturated carbocycles. The maximum absolute atomic E-state index is 5.59. The zero-order chi connectivity index (χ0) is 15.1. The van der Waals surface area contributed by atoms with Crippen molar-refractivity contribution < 1.29 is 0 Å². The third kappa shape index (κ3) is 3.70. The molecule has 112 valence electrons. The summed E-state index contributed by atoms with van der Waals surface area (Å²) in [6.45, 7) is 5.99. The van der Waals surface area contributed by atoms with E-state index in [2.05, 4.69) is 58.4 Å². The first kappa shape index (κ1) is 15.3. The van der Waals surface area contributed by atoms with E-state index in [1.807, 2.05) is 6.07 Å². The highest BCUT2D eigenvalue weighted by molar-refractivity contribution is 5.58. The summed E-state index contributed by atoms with van der Waals surface area (Å²) in [7, 11) is 0. The molecule has 5 heteroatoms. The molecule has 1 aromatic carbocycles. The molecule has 0 atom stereocenters. The van der Waals surface area contributed by atoms with Gasteiger partial charge in [0.25, 0.3) is 0 Å². The summed E-state index contributed by atoms with van der Waals surface area (Å²) in [5.74, 6) is 7.27. The lowest BCUT2D eigenvalue weighted by Crippen LogP contribution is -2.25. The van der Waals surface area contributed by atoms with Crippen molar-refractivity contribution in [2.24, 2.45) is 5.84 Å². The summed E-state index contributed by atoms with van der Waals surface area (Å²) in [5.41, 5.74) is 5.04. The number of benzene rings is 1. The summed E-state index contributed by atoms with van der Waals surface area (Å²) in [5, 5.41) is 0. The Bertz CT molecular complexity index is 556. The number of hydrazine groups is 1. The molecule has 0 amide bonds. The van der Waals surface area contributed by atoms with Gasteiger partial charge in [0.05, 0.1) is 0 Å². The normalized spacial score (nSPS) is 10.4. The molecule has 0 aliphatic carbocycles. The number of anilines is 2. The van der Waals surface area contributed by atoms with Gasteiger partial charge in [-0.25, -0.2) is 15.8 Å². The van der Waals surface area contributed by atoms with Crippen LogP contribution in [0.5, 0.6) is 0 Å². The molecule has 3 N–H and O–H groups in total. The summed E-state index contributed by atoms with van der Waals surface area (Å²) >= 11 is 0. The van der Waals surface area contributed by atoms with E-state index in [0.29, 0.717) is 5.82 Å². The van der Waals surface area contributed by atoms with Crippen LogP contribution in [-0.4, -0.2) is 16.5 Å². The van der Waals surface area contributed by atoms with Crippen LogP contribution in [0.15, 0.2) is 36.7 Å². The average Bonchev–Trinajstić information content (AvgIpc) is 2.54. The summed E-state index contributed by atoms with van der Waals surface area (Å²) < 4.78 is 0. The summed E-state index contributed by atoms with van der Waals surface area (Å²) in [6, 6.07) is 10.4. The SMILES string of the molecule is CCCc1c(NN)ncnc1N(CC)Cc1ccccc1. The molecule has 0 unspecified atom stereocenters. The summed E-state index contributed by atoms with van der Waals surface area (Å²) in [4.78, 5) is 11.0. The van der Waals surface area contributed by atoms with Crippen LogP contribution in [0, 0.1) is 0 Å². The van der Waals surface area contributed by atoms with Gasteiger partial charge in [-0.05, 0) is 18.9 Å². The zero-order valence-corrected chi connectivity index (χ0v) is 12.7. The van der Waals surface area contributed by atoms with Gasteiger partial charge in [0, 0.05) is 18.7 Å². The number of nitrogens with one attached hydrogen (secondary N) is 1. The third-order valence-electron chi connectivity index (χ3n) is 3.46. The van der Waals surface area contributed by atoms with Gasteiger partial charge in [-0.2, -0.15) is 0 Å². The van der Waals surface area contributed by atoms with Gasteiger partial charge in [0.1, 0.15) is 18.0 Å². The number of aromatic nitrogens is 2. The smallest absolute Gasteiger partial charge is 0.148 e. The van der Waals surface area contributed by atoms with Gasteiger partial charge in [0.15, 0.2) is 0 Å². The number of hydrogen-bond donors (Lipinski definition) is 2. The minimum Gasteiger partial charge on any atom is -0.352 e. The van der Waals surface area contributed by atoms with Gasteiger partial charge < -0.3 is 10.3 Å². The van der Waals surface area contributed by atoms with Crippen LogP contribution in [0.3, 0.4) is 0 Å². The van der Waals surface area contributed by atoms with E-state index in [-0.39, 0.29) is 0 Å². The molecule has 5 nitrogen and oxygen atoms in total. The van der Waals surface area contributed by atoms with Crippen LogP contribution in [0.4, 0.5) is 11.6 Å². The lowest BCUT2D eigenvalue weighted by Gasteiger charge is -2.25. The standard InChI is InChI=1S/C16H23N5/c1-3-8-14-15(20-17)18-12-19-16(14)21(4-2)11-13-9-6-5-7-10-13/h5-7,9-10,12H,3-4,8,11,17H2,1-2H3,(H,18,19,20). The molecule has 0 fully saturated rings. The van der Waals surface area contributed by atoms with Crippen molar-refractivity contribution in [3.63, 3.8) is 0 Å². The molecule has 0 spiro atoms. The lowest BCUT2D eigenvalue weighted by molar-refractivity contribution is 0.788. The Morgan fingerprint density at radius 3 is 2.52 bits per heavy atom. The molecule has 21 heavy (non-hydrogen) atoms. The molecule has 1 aromatic heterocycles. The Hall–Kier alpha value is -2.14.